The van der Waals surface area contributed by atoms with Crippen molar-refractivity contribution in [1.29, 1.82) is 0 Å². The van der Waals surface area contributed by atoms with Gasteiger partial charge < -0.3 is 15.2 Å². The third kappa shape index (κ3) is 4.42. The second-order valence-corrected chi connectivity index (χ2v) is 5.36. The van der Waals surface area contributed by atoms with Crippen molar-refractivity contribution in [2.75, 3.05) is 26.2 Å². The first-order valence-electron chi connectivity index (χ1n) is 7.83. The summed E-state index contributed by atoms with van der Waals surface area (Å²) in [6.07, 6.45) is 4.26. The molecule has 1 saturated heterocycles. The van der Waals surface area contributed by atoms with Crippen molar-refractivity contribution in [1.82, 2.24) is 30.3 Å². The zero-order chi connectivity index (χ0) is 15.1. The van der Waals surface area contributed by atoms with Crippen LogP contribution in [0.2, 0.25) is 0 Å². The van der Waals surface area contributed by atoms with Crippen molar-refractivity contribution >= 4 is 5.96 Å². The molecule has 7 nitrogen and oxygen atoms in total. The monoisotopic (exact) mass is 293 g/mol. The maximum Gasteiger partial charge on any atom is 0.191 e. The van der Waals surface area contributed by atoms with Gasteiger partial charge in [0.2, 0.25) is 0 Å². The number of guanidine groups is 1. The van der Waals surface area contributed by atoms with E-state index in [-0.39, 0.29) is 0 Å². The molecule has 1 atom stereocenters. The van der Waals surface area contributed by atoms with Crippen LogP contribution in [0.25, 0.3) is 0 Å². The lowest BCUT2D eigenvalue weighted by Crippen LogP contribution is -2.44. The Morgan fingerprint density at radius 2 is 2.29 bits per heavy atom. The van der Waals surface area contributed by atoms with Crippen molar-refractivity contribution < 1.29 is 0 Å². The van der Waals surface area contributed by atoms with E-state index in [1.807, 2.05) is 11.6 Å². The van der Waals surface area contributed by atoms with E-state index >= 15 is 0 Å². The molecule has 0 spiro atoms. The molecule has 7 heteroatoms. The molecule has 21 heavy (non-hydrogen) atoms. The third-order valence-electron chi connectivity index (χ3n) is 3.94. The number of hydrogen-bond acceptors (Lipinski definition) is 4. The van der Waals surface area contributed by atoms with Gasteiger partial charge in [-0.15, -0.1) is 10.2 Å². The van der Waals surface area contributed by atoms with E-state index in [0.29, 0.717) is 12.6 Å². The van der Waals surface area contributed by atoms with Crippen LogP contribution in [-0.2, 0) is 13.6 Å². The molecule has 1 fully saturated rings. The van der Waals surface area contributed by atoms with Crippen LogP contribution in [-0.4, -0.2) is 57.8 Å². The van der Waals surface area contributed by atoms with E-state index in [9.17, 15) is 0 Å². The normalized spacial score (nSPS) is 20.0. The Labute approximate surface area is 126 Å². The quantitative estimate of drug-likeness (QED) is 0.585. The van der Waals surface area contributed by atoms with E-state index in [0.717, 1.165) is 31.4 Å². The molecule has 1 aliphatic rings. The number of likely N-dealkylation sites (tertiary alicyclic amines) is 1. The van der Waals surface area contributed by atoms with E-state index in [1.165, 1.54) is 19.4 Å². The highest BCUT2D eigenvalue weighted by Gasteiger charge is 2.22. The minimum absolute atomic E-state index is 0.536. The van der Waals surface area contributed by atoms with Crippen LogP contribution >= 0.6 is 0 Å². The Morgan fingerprint density at radius 1 is 1.43 bits per heavy atom. The number of aliphatic imine (C=N–C) groups is 1. The zero-order valence-electron chi connectivity index (χ0n) is 13.3. The highest BCUT2D eigenvalue weighted by Crippen LogP contribution is 2.15. The second kappa shape index (κ2) is 7.97. The number of aryl methyl sites for hydroxylation is 1. The highest BCUT2D eigenvalue weighted by molar-refractivity contribution is 5.79. The molecule has 0 radical (unpaired) electrons. The predicted octanol–water partition coefficient (Wildman–Crippen LogP) is 0.355. The molecule has 2 rings (SSSR count). The van der Waals surface area contributed by atoms with E-state index < -0.39 is 0 Å². The Balaban J connectivity index is 1.88. The molecule has 0 aromatic carbocycles. The van der Waals surface area contributed by atoms with Gasteiger partial charge in [0.25, 0.3) is 0 Å². The van der Waals surface area contributed by atoms with Crippen LogP contribution in [0, 0.1) is 0 Å². The van der Waals surface area contributed by atoms with Gasteiger partial charge >= 0.3 is 0 Å². The van der Waals surface area contributed by atoms with Crippen LogP contribution in [0.4, 0.5) is 0 Å². The van der Waals surface area contributed by atoms with Crippen molar-refractivity contribution in [3.05, 3.63) is 12.2 Å². The number of nitrogens with zero attached hydrogens (tertiary/aromatic N) is 5. The van der Waals surface area contributed by atoms with Gasteiger partial charge in [-0.1, -0.05) is 6.92 Å². The van der Waals surface area contributed by atoms with E-state index in [1.54, 1.807) is 6.33 Å². The lowest BCUT2D eigenvalue weighted by atomic mass is 10.2. The maximum absolute atomic E-state index is 4.58. The molecule has 0 amide bonds. The van der Waals surface area contributed by atoms with Crippen LogP contribution in [0.15, 0.2) is 11.3 Å². The number of aromatic nitrogens is 3. The minimum atomic E-state index is 0.536. The predicted molar refractivity (Wildman–Crippen MR) is 84.1 cm³/mol. The first-order valence-corrected chi connectivity index (χ1v) is 7.83. The van der Waals surface area contributed by atoms with Gasteiger partial charge in [-0.3, -0.25) is 4.90 Å². The Morgan fingerprint density at radius 3 is 2.95 bits per heavy atom. The summed E-state index contributed by atoms with van der Waals surface area (Å²) in [7, 11) is 1.93. The van der Waals surface area contributed by atoms with Crippen molar-refractivity contribution in [3.63, 3.8) is 0 Å². The summed E-state index contributed by atoms with van der Waals surface area (Å²) in [4.78, 5) is 7.11. The van der Waals surface area contributed by atoms with Gasteiger partial charge in [-0.25, -0.2) is 4.99 Å². The fourth-order valence-electron chi connectivity index (χ4n) is 2.70. The Kier molecular flexibility index (Phi) is 5.98. The largest absolute Gasteiger partial charge is 0.357 e. The van der Waals surface area contributed by atoms with E-state index in [2.05, 4.69) is 44.6 Å². The maximum atomic E-state index is 4.58. The topological polar surface area (TPSA) is 70.4 Å². The highest BCUT2D eigenvalue weighted by atomic mass is 15.3. The van der Waals surface area contributed by atoms with Gasteiger partial charge in [0, 0.05) is 26.2 Å². The number of rotatable bonds is 6. The molecule has 0 saturated carbocycles. The average molecular weight is 293 g/mol. The third-order valence-corrected chi connectivity index (χ3v) is 3.94. The van der Waals surface area contributed by atoms with Crippen LogP contribution < -0.4 is 10.6 Å². The van der Waals surface area contributed by atoms with Crippen LogP contribution in [0.3, 0.4) is 0 Å². The zero-order valence-corrected chi connectivity index (χ0v) is 13.3. The van der Waals surface area contributed by atoms with Crippen molar-refractivity contribution in [2.45, 2.75) is 39.3 Å². The summed E-state index contributed by atoms with van der Waals surface area (Å²) in [6.45, 7) is 8.98. The van der Waals surface area contributed by atoms with Gasteiger partial charge in [0.15, 0.2) is 11.8 Å². The number of nitrogens with one attached hydrogen (secondary N) is 2. The van der Waals surface area contributed by atoms with Gasteiger partial charge in [0.1, 0.15) is 12.9 Å². The summed E-state index contributed by atoms with van der Waals surface area (Å²) in [5.41, 5.74) is 0. The fraction of sp³-hybridized carbons (Fsp3) is 0.786. The van der Waals surface area contributed by atoms with Crippen molar-refractivity contribution in [3.8, 4) is 0 Å². The second-order valence-electron chi connectivity index (χ2n) is 5.36. The molecule has 118 valence electrons. The summed E-state index contributed by atoms with van der Waals surface area (Å²) in [6, 6.07) is 0.619. The molecule has 0 aliphatic carbocycles. The lowest BCUT2D eigenvalue weighted by Gasteiger charge is -2.23. The molecular weight excluding hydrogens is 266 g/mol. The van der Waals surface area contributed by atoms with E-state index in [4.69, 9.17) is 0 Å². The minimum Gasteiger partial charge on any atom is -0.357 e. The lowest BCUT2D eigenvalue weighted by molar-refractivity contribution is 0.267. The molecule has 1 unspecified atom stereocenters. The van der Waals surface area contributed by atoms with Gasteiger partial charge in [-0.05, 0) is 32.9 Å². The summed E-state index contributed by atoms with van der Waals surface area (Å²) >= 11 is 0. The molecule has 2 N–H and O–H groups in total. The summed E-state index contributed by atoms with van der Waals surface area (Å²) in [5.74, 6) is 1.71. The van der Waals surface area contributed by atoms with Crippen LogP contribution in [0.1, 0.15) is 32.5 Å². The molecule has 1 aromatic heterocycles. The Bertz CT molecular complexity index is 454. The fourth-order valence-corrected chi connectivity index (χ4v) is 2.70. The van der Waals surface area contributed by atoms with Gasteiger partial charge in [-0.2, -0.15) is 0 Å². The summed E-state index contributed by atoms with van der Waals surface area (Å²) < 4.78 is 1.89. The molecule has 1 aromatic rings. The number of hydrogen-bond donors (Lipinski definition) is 2. The van der Waals surface area contributed by atoms with Crippen molar-refractivity contribution in [2.24, 2.45) is 12.0 Å². The SMILES string of the molecule is CCNC(=NCc1nncn1C)NCC1CCCN1CC. The molecule has 2 heterocycles. The molecule has 0 bridgehead atoms. The van der Waals surface area contributed by atoms with Crippen LogP contribution in [0.5, 0.6) is 0 Å². The standard InChI is InChI=1S/C14H27N7/c1-4-15-14(17-10-13-19-18-11-20(13)3)16-9-12-7-6-8-21(12)5-2/h11-12H,4-10H2,1-3H3,(H2,15,16,17). The first kappa shape index (κ1) is 15.8. The first-order chi connectivity index (χ1) is 10.2. The number of likely N-dealkylation sites (N-methyl/N-ethyl adjacent to an activating group) is 1. The molecule has 1 aliphatic heterocycles. The summed E-state index contributed by atoms with van der Waals surface area (Å²) in [5, 5.41) is 14.7. The molecular formula is C14H27N7. The smallest absolute Gasteiger partial charge is 0.191 e. The Hall–Kier alpha value is -1.63. The van der Waals surface area contributed by atoms with Gasteiger partial charge in [0.05, 0.1) is 0 Å². The average Bonchev–Trinajstić information content (AvgIpc) is 3.10.